The van der Waals surface area contributed by atoms with E-state index >= 15 is 0 Å². The second kappa shape index (κ2) is 3.36. The van der Waals surface area contributed by atoms with Gasteiger partial charge in [-0.3, -0.25) is 0 Å². The molecular weight excluding hydrogens is 164 g/mol. The average Bonchev–Trinajstić information content (AvgIpc) is 2.59. The van der Waals surface area contributed by atoms with Crippen LogP contribution in [0.1, 0.15) is 19.8 Å². The van der Waals surface area contributed by atoms with Crippen LogP contribution in [0.15, 0.2) is 0 Å². The van der Waals surface area contributed by atoms with Crippen LogP contribution in [0.3, 0.4) is 0 Å². The average molecular weight is 179 g/mol. The molecule has 1 aliphatic rings. The van der Waals surface area contributed by atoms with Crippen LogP contribution in [0.4, 0.5) is 0 Å². The summed E-state index contributed by atoms with van der Waals surface area (Å²) in [4.78, 5) is 0. The Labute approximate surface area is 72.7 Å². The Kier molecular flexibility index (Phi) is 2.93. The molecule has 0 amide bonds. The molecule has 0 heterocycles. The van der Waals surface area contributed by atoms with Gasteiger partial charge in [-0.25, -0.2) is 0 Å². The van der Waals surface area contributed by atoms with Crippen molar-refractivity contribution >= 4 is 23.4 Å². The minimum Gasteiger partial charge on any atom is -0.165 e. The predicted molar refractivity (Wildman–Crippen MR) is 49.9 cm³/mol. The maximum Gasteiger partial charge on any atom is 0.0282 e. The van der Waals surface area contributed by atoms with Gasteiger partial charge in [-0.1, -0.05) is 6.92 Å². The highest BCUT2D eigenvalue weighted by atomic mass is 35.5. The monoisotopic (exact) mass is 178 g/mol. The van der Waals surface area contributed by atoms with E-state index in [-0.39, 0.29) is 0 Å². The summed E-state index contributed by atoms with van der Waals surface area (Å²) in [7, 11) is 0. The highest BCUT2D eigenvalue weighted by Gasteiger charge is 2.49. The summed E-state index contributed by atoms with van der Waals surface area (Å²) in [5.74, 6) is 3.03. The Balaban J connectivity index is 2.23. The van der Waals surface area contributed by atoms with Crippen molar-refractivity contribution in [1.29, 1.82) is 0 Å². The fourth-order valence-electron chi connectivity index (χ4n) is 1.46. The molecule has 60 valence electrons. The number of hydrogen-bond donors (Lipinski definition) is 0. The largest absolute Gasteiger partial charge is 0.165 e. The molecule has 1 aliphatic carbocycles. The van der Waals surface area contributed by atoms with Gasteiger partial charge >= 0.3 is 0 Å². The molecule has 0 bridgehead atoms. The molecule has 0 saturated heterocycles. The van der Waals surface area contributed by atoms with Crippen molar-refractivity contribution in [3.63, 3.8) is 0 Å². The first-order chi connectivity index (χ1) is 4.75. The number of thioether (sulfide) groups is 1. The standard InChI is InChI=1S/C8H15ClS/c1-7-5-8(7,6-9)3-4-10-2/h7H,3-6H2,1-2H3. The Morgan fingerprint density at radius 2 is 2.30 bits per heavy atom. The minimum absolute atomic E-state index is 0.546. The van der Waals surface area contributed by atoms with Crippen LogP contribution in [0.2, 0.25) is 0 Å². The van der Waals surface area contributed by atoms with E-state index in [0.29, 0.717) is 5.41 Å². The Hall–Kier alpha value is 0.640. The molecular formula is C8H15ClS. The Morgan fingerprint density at radius 3 is 2.60 bits per heavy atom. The normalized spacial score (nSPS) is 38.1. The van der Waals surface area contributed by atoms with Gasteiger partial charge in [0.05, 0.1) is 0 Å². The Bertz CT molecular complexity index is 112. The summed E-state index contributed by atoms with van der Waals surface area (Å²) >= 11 is 7.80. The van der Waals surface area contributed by atoms with Crippen molar-refractivity contribution in [3.05, 3.63) is 0 Å². The summed E-state index contributed by atoms with van der Waals surface area (Å²) in [5, 5.41) is 0. The van der Waals surface area contributed by atoms with Crippen molar-refractivity contribution in [2.24, 2.45) is 11.3 Å². The van der Waals surface area contributed by atoms with Crippen molar-refractivity contribution in [2.45, 2.75) is 19.8 Å². The smallest absolute Gasteiger partial charge is 0.0282 e. The SMILES string of the molecule is CSCCC1(CCl)CC1C. The predicted octanol–water partition coefficient (Wildman–Crippen LogP) is 3.00. The minimum atomic E-state index is 0.546. The van der Waals surface area contributed by atoms with Crippen molar-refractivity contribution < 1.29 is 0 Å². The van der Waals surface area contributed by atoms with E-state index in [4.69, 9.17) is 11.6 Å². The topological polar surface area (TPSA) is 0 Å². The molecule has 2 unspecified atom stereocenters. The lowest BCUT2D eigenvalue weighted by molar-refractivity contribution is 0.513. The van der Waals surface area contributed by atoms with Crippen LogP contribution in [0, 0.1) is 11.3 Å². The van der Waals surface area contributed by atoms with Crippen molar-refractivity contribution in [3.8, 4) is 0 Å². The van der Waals surface area contributed by atoms with E-state index in [0.717, 1.165) is 11.8 Å². The zero-order chi connectivity index (χ0) is 7.61. The van der Waals surface area contributed by atoms with E-state index in [9.17, 15) is 0 Å². The summed E-state index contributed by atoms with van der Waals surface area (Å²) in [6.07, 6.45) is 4.84. The van der Waals surface area contributed by atoms with E-state index < -0.39 is 0 Å². The van der Waals surface area contributed by atoms with Gasteiger partial charge in [0.1, 0.15) is 0 Å². The van der Waals surface area contributed by atoms with Crippen LogP contribution < -0.4 is 0 Å². The quantitative estimate of drug-likeness (QED) is 0.597. The molecule has 10 heavy (non-hydrogen) atoms. The molecule has 0 aromatic rings. The second-order valence-corrected chi connectivity index (χ2v) is 4.60. The van der Waals surface area contributed by atoms with E-state index in [1.54, 1.807) is 0 Å². The lowest BCUT2D eigenvalue weighted by atomic mass is 10.0. The first-order valence-corrected chi connectivity index (χ1v) is 5.73. The molecule has 1 saturated carbocycles. The lowest BCUT2D eigenvalue weighted by Crippen LogP contribution is -2.06. The summed E-state index contributed by atoms with van der Waals surface area (Å²) in [6, 6.07) is 0. The molecule has 0 nitrogen and oxygen atoms in total. The lowest BCUT2D eigenvalue weighted by Gasteiger charge is -2.10. The molecule has 0 aromatic carbocycles. The number of hydrogen-bond acceptors (Lipinski definition) is 1. The van der Waals surface area contributed by atoms with Crippen LogP contribution in [-0.4, -0.2) is 17.9 Å². The first kappa shape index (κ1) is 8.73. The van der Waals surface area contributed by atoms with Gasteiger partial charge in [0.2, 0.25) is 0 Å². The van der Waals surface area contributed by atoms with Gasteiger partial charge in [-0.2, -0.15) is 11.8 Å². The van der Waals surface area contributed by atoms with Crippen LogP contribution in [-0.2, 0) is 0 Å². The number of halogens is 1. The van der Waals surface area contributed by atoms with Gasteiger partial charge in [0, 0.05) is 5.88 Å². The molecule has 2 atom stereocenters. The highest BCUT2D eigenvalue weighted by molar-refractivity contribution is 7.98. The van der Waals surface area contributed by atoms with Gasteiger partial charge in [0.15, 0.2) is 0 Å². The van der Waals surface area contributed by atoms with Crippen LogP contribution >= 0.6 is 23.4 Å². The van der Waals surface area contributed by atoms with Crippen LogP contribution in [0.25, 0.3) is 0 Å². The van der Waals surface area contributed by atoms with Crippen molar-refractivity contribution in [2.75, 3.05) is 17.9 Å². The fraction of sp³-hybridized carbons (Fsp3) is 1.00. The fourth-order valence-corrected chi connectivity index (χ4v) is 2.57. The highest BCUT2D eigenvalue weighted by Crippen LogP contribution is 2.55. The second-order valence-electron chi connectivity index (χ2n) is 3.34. The summed E-state index contributed by atoms with van der Waals surface area (Å²) in [5.41, 5.74) is 0.546. The maximum absolute atomic E-state index is 5.88. The molecule has 0 spiro atoms. The Morgan fingerprint density at radius 1 is 1.70 bits per heavy atom. The van der Waals surface area contributed by atoms with Gasteiger partial charge < -0.3 is 0 Å². The third-order valence-corrected chi connectivity index (χ3v) is 3.81. The van der Waals surface area contributed by atoms with E-state index in [1.807, 2.05) is 11.8 Å². The molecule has 0 N–H and O–H groups in total. The zero-order valence-corrected chi connectivity index (χ0v) is 8.26. The molecule has 2 heteroatoms. The first-order valence-electron chi connectivity index (χ1n) is 3.80. The third kappa shape index (κ3) is 1.62. The van der Waals surface area contributed by atoms with E-state index in [2.05, 4.69) is 13.2 Å². The van der Waals surface area contributed by atoms with Gasteiger partial charge in [-0.15, -0.1) is 11.6 Å². The molecule has 1 rings (SSSR count). The van der Waals surface area contributed by atoms with Gasteiger partial charge in [-0.05, 0) is 36.2 Å². The molecule has 0 radical (unpaired) electrons. The maximum atomic E-state index is 5.88. The number of rotatable bonds is 4. The zero-order valence-electron chi connectivity index (χ0n) is 6.69. The summed E-state index contributed by atoms with van der Waals surface area (Å²) in [6.45, 7) is 2.31. The number of alkyl halides is 1. The van der Waals surface area contributed by atoms with E-state index in [1.165, 1.54) is 18.6 Å². The molecule has 0 aromatic heterocycles. The summed E-state index contributed by atoms with van der Waals surface area (Å²) < 4.78 is 0. The molecule has 0 aliphatic heterocycles. The van der Waals surface area contributed by atoms with Gasteiger partial charge in [0.25, 0.3) is 0 Å². The third-order valence-electron chi connectivity index (χ3n) is 2.67. The van der Waals surface area contributed by atoms with Crippen molar-refractivity contribution in [1.82, 2.24) is 0 Å². The molecule has 1 fully saturated rings. The van der Waals surface area contributed by atoms with Crippen LogP contribution in [0.5, 0.6) is 0 Å².